The summed E-state index contributed by atoms with van der Waals surface area (Å²) in [5, 5.41) is 51.9. The maximum absolute atomic E-state index is 12.5. The van der Waals surface area contributed by atoms with Crippen LogP contribution in [0.1, 0.15) is 185 Å². The van der Waals surface area contributed by atoms with E-state index in [-0.39, 0.29) is 23.3 Å². The number of aromatic nitrogens is 8. The maximum atomic E-state index is 12.5. The molecular weight excluding hydrogens is 1450 g/mol. The van der Waals surface area contributed by atoms with Gasteiger partial charge < -0.3 is 68.5 Å². The van der Waals surface area contributed by atoms with Gasteiger partial charge in [0.1, 0.15) is 17.1 Å². The lowest BCUT2D eigenvalue weighted by atomic mass is 9.85. The van der Waals surface area contributed by atoms with Crippen LogP contribution >= 0.6 is 0 Å². The molecule has 18 rings (SSSR count). The number of likely N-dealkylation sites (N-methyl/N-ethyl adjacent to an activating group) is 4. The van der Waals surface area contributed by atoms with Crippen LogP contribution < -0.4 is 5.32 Å². The number of nitrogens with zero attached hydrogens (tertiary/aromatic N) is 14. The van der Waals surface area contributed by atoms with Gasteiger partial charge in [0.2, 0.25) is 0 Å². The smallest absolute Gasteiger partial charge is 0.272 e. The number of carbonyl (C=O) groups is 3. The van der Waals surface area contributed by atoms with E-state index >= 15 is 0 Å². The van der Waals surface area contributed by atoms with E-state index in [2.05, 4.69) is 206 Å². The molecule has 4 unspecified atom stereocenters. The van der Waals surface area contributed by atoms with Gasteiger partial charge in [-0.3, -0.25) is 39.2 Å². The van der Waals surface area contributed by atoms with Crippen molar-refractivity contribution in [1.82, 2.24) is 72.9 Å². The van der Waals surface area contributed by atoms with Crippen molar-refractivity contribution < 1.29 is 34.8 Å². The Balaban J connectivity index is 0.000000122. The monoisotopic (exact) mass is 1560 g/mol. The molecule has 3 amide bonds. The molecule has 4 aromatic carbocycles. The Morgan fingerprint density at radius 2 is 0.828 bits per heavy atom. The molecule has 5 aliphatic heterocycles. The lowest BCUT2D eigenvalue weighted by Crippen LogP contribution is -2.44. The van der Waals surface area contributed by atoms with Crippen molar-refractivity contribution in [2.24, 2.45) is 0 Å². The molecule has 8 aromatic heterocycles. The molecule has 0 radical (unpaired) electrons. The van der Waals surface area contributed by atoms with E-state index in [1.54, 1.807) is 69.3 Å². The number of hydrogen-bond acceptors (Lipinski definition) is 15. The molecule has 116 heavy (non-hydrogen) atoms. The van der Waals surface area contributed by atoms with E-state index in [4.69, 9.17) is 0 Å². The summed E-state index contributed by atoms with van der Waals surface area (Å²) >= 11 is 0. The highest BCUT2D eigenvalue weighted by Gasteiger charge is 2.38. The molecule has 606 valence electrons. The van der Waals surface area contributed by atoms with Crippen molar-refractivity contribution >= 4 is 61.3 Å². The van der Waals surface area contributed by atoms with E-state index in [1.165, 1.54) is 116 Å². The molecule has 1 aliphatic carbocycles. The van der Waals surface area contributed by atoms with Gasteiger partial charge in [0.25, 0.3) is 17.7 Å². The molecule has 1 saturated heterocycles. The van der Waals surface area contributed by atoms with Gasteiger partial charge in [0.05, 0.1) is 50.6 Å². The first-order chi connectivity index (χ1) is 55.7. The number of nitrogens with one attached hydrogen (secondary N) is 1. The lowest BCUT2D eigenvalue weighted by Gasteiger charge is -2.41. The van der Waals surface area contributed by atoms with Gasteiger partial charge >= 0.3 is 0 Å². The fourth-order valence-electron chi connectivity index (χ4n) is 17.8. The summed E-state index contributed by atoms with van der Waals surface area (Å²) in [5.41, 5.74) is 25.0. The van der Waals surface area contributed by atoms with Gasteiger partial charge in [-0.2, -0.15) is 0 Å². The van der Waals surface area contributed by atoms with Crippen LogP contribution in [0.4, 0.5) is 0 Å². The number of rotatable bonds is 16. The molecule has 13 heterocycles. The number of amides is 3. The van der Waals surface area contributed by atoms with Gasteiger partial charge in [-0.15, -0.1) is 0 Å². The number of pyridine rings is 4. The molecule has 0 bridgehead atoms. The lowest BCUT2D eigenvalue weighted by molar-refractivity contribution is 0.0785. The third-order valence-electron chi connectivity index (χ3n) is 24.8. The first-order valence-corrected chi connectivity index (χ1v) is 41.3. The minimum absolute atomic E-state index is 0.0106. The zero-order chi connectivity index (χ0) is 81.5. The van der Waals surface area contributed by atoms with Crippen LogP contribution in [0.25, 0.3) is 43.6 Å². The molecule has 2 fully saturated rings. The van der Waals surface area contributed by atoms with Crippen LogP contribution in [-0.4, -0.2) is 193 Å². The maximum Gasteiger partial charge on any atom is 0.272 e. The van der Waals surface area contributed by atoms with Gasteiger partial charge in [-0.05, 0) is 197 Å². The number of fused-ring (bicyclic) bond motifs is 12. The molecule has 1 saturated carbocycles. The predicted molar refractivity (Wildman–Crippen MR) is 457 cm³/mol. The number of aliphatic hydroxyl groups excluding tert-OH is 4. The summed E-state index contributed by atoms with van der Waals surface area (Å²) < 4.78 is 9.16. The predicted octanol–water partition coefficient (Wildman–Crippen LogP) is 12.8. The van der Waals surface area contributed by atoms with E-state index in [9.17, 15) is 34.8 Å². The number of benzene rings is 4. The number of aryl methyl sites for hydroxylation is 4. The zero-order valence-corrected chi connectivity index (χ0v) is 69.4. The van der Waals surface area contributed by atoms with Gasteiger partial charge in [-0.1, -0.05) is 64.7 Å². The molecular formula is C94H113N15O7. The summed E-state index contributed by atoms with van der Waals surface area (Å²) in [6.07, 6.45) is 13.9. The second-order valence-corrected chi connectivity index (χ2v) is 34.0. The fourth-order valence-corrected chi connectivity index (χ4v) is 17.8. The SMILES string of the molecule is Cc1ccc2c(c1)c1c(n2CC(O)c2ccc(C(=O)N(C)C)nc2)CCN(C)C1.Cc1ccc2c(c1)c1c(n2CC(O)c2ccc(C(=O)N3CCCC3)nc2)CCN(C)C1.Cc1ccc2c(c1)c1c(n2CC(O)c2ccc(C(=O)NC3CC3)nc2)CCN(C)C1.Cc1ccc2c(c1)c1c(n2CC(O)c2ccncc2)CCN(C)C1(C)C. The summed E-state index contributed by atoms with van der Waals surface area (Å²) in [7, 11) is 12.1. The van der Waals surface area contributed by atoms with E-state index in [1.807, 2.05) is 29.2 Å². The molecule has 4 atom stereocenters. The topological polar surface area (TPSA) is 235 Å². The zero-order valence-electron chi connectivity index (χ0n) is 69.4. The van der Waals surface area contributed by atoms with E-state index in [0.717, 1.165) is 133 Å². The van der Waals surface area contributed by atoms with Crippen LogP contribution in [0.15, 0.2) is 152 Å². The van der Waals surface area contributed by atoms with Crippen LogP contribution in [0, 0.1) is 27.7 Å². The number of aliphatic hydroxyl groups is 4. The van der Waals surface area contributed by atoms with Crippen LogP contribution in [0.5, 0.6) is 0 Å². The van der Waals surface area contributed by atoms with Crippen molar-refractivity contribution in [3.8, 4) is 0 Å². The van der Waals surface area contributed by atoms with Crippen molar-refractivity contribution in [3.63, 3.8) is 0 Å². The highest BCUT2D eigenvalue weighted by atomic mass is 16.3. The minimum atomic E-state index is -0.688. The normalized spacial score (nSPS) is 17.2. The first kappa shape index (κ1) is 80.9. The Bertz CT molecular complexity index is 5580. The molecule has 5 N–H and O–H groups in total. The second kappa shape index (κ2) is 34.1. The Hall–Kier alpha value is -10.3. The minimum Gasteiger partial charge on any atom is -0.387 e. The largest absolute Gasteiger partial charge is 0.387 e. The molecule has 22 nitrogen and oxygen atoms in total. The number of carbonyl (C=O) groups excluding carboxylic acids is 3. The summed E-state index contributed by atoms with van der Waals surface area (Å²) in [6.45, 7) is 23.6. The fraction of sp³-hybridized carbons (Fsp3) is 0.415. The average Bonchev–Trinajstić information content (AvgIpc) is 1.57. The second-order valence-electron chi connectivity index (χ2n) is 34.0. The highest BCUT2D eigenvalue weighted by molar-refractivity contribution is 5.94. The Morgan fingerprint density at radius 3 is 1.22 bits per heavy atom. The number of likely N-dealkylation sites (tertiary alicyclic amines) is 1. The quantitative estimate of drug-likeness (QED) is 0.0605. The third kappa shape index (κ3) is 17.0. The van der Waals surface area contributed by atoms with E-state index in [0.29, 0.717) is 49.3 Å². The molecule has 0 spiro atoms. The number of hydrogen-bond donors (Lipinski definition) is 5. The molecule has 12 aromatic rings. The van der Waals surface area contributed by atoms with Crippen LogP contribution in [-0.2, 0) is 77.0 Å². The summed E-state index contributed by atoms with van der Waals surface area (Å²) in [6, 6.07) is 41.0. The van der Waals surface area contributed by atoms with Crippen molar-refractivity contribution in [3.05, 3.63) is 259 Å². The standard InChI is InChI=1S/C25H30N4O2.C24H28N4O2.C23H28N4O2.C22H27N3O/c1-17-5-8-22-19(13-17)20-15-27(2)12-9-23(20)29(22)16-24(30)18-6-7-21(26-14-18)25(31)28-10-3-4-11-28;1-15-3-8-21-18(11-15)19-13-27(2)10-9-22(19)28(21)14-23(29)16-4-7-20(25-12-16)24(30)26-17-5-6-17;1-15-5-8-20-17(11-15)18-13-26(4)10-9-21(18)27(20)14-22(28)16-6-7-19(24-12-16)23(29)25(2)3;1-15-5-6-18-17(13-15)21-19(9-12-24(4)22(21,2)3)25(18)14-20(26)16-7-10-23-11-8-16/h5-8,13-14,24,30H,3-4,9-12,15-16H2,1-2H3;3-4,7-8,11-12,17,23,29H,5-6,9-10,13-14H2,1-2H3,(H,26,30);5-8,11-12,22,28H,9-10,13-14H2,1-4H3;5-8,10-11,13,20,26H,9,12,14H2,1-4H3. The van der Waals surface area contributed by atoms with Crippen molar-refractivity contribution in [2.45, 2.75) is 175 Å². The molecule has 6 aliphatic rings. The summed E-state index contributed by atoms with van der Waals surface area (Å²) in [5.74, 6) is -0.289. The van der Waals surface area contributed by atoms with Gasteiger partial charge in [-0.25, -0.2) is 0 Å². The van der Waals surface area contributed by atoms with Crippen LogP contribution in [0.3, 0.4) is 0 Å². The Kier molecular flexibility index (Phi) is 23.8. The van der Waals surface area contributed by atoms with E-state index < -0.39 is 24.4 Å². The third-order valence-corrected chi connectivity index (χ3v) is 24.8. The Labute approximate surface area is 680 Å². The molecule has 22 heteroatoms. The van der Waals surface area contributed by atoms with Crippen molar-refractivity contribution in [1.29, 1.82) is 0 Å². The van der Waals surface area contributed by atoms with Crippen LogP contribution in [0.2, 0.25) is 0 Å². The van der Waals surface area contributed by atoms with Gasteiger partial charge in [0, 0.05) is 230 Å². The highest BCUT2D eigenvalue weighted by Crippen LogP contribution is 2.43. The average molecular weight is 1570 g/mol. The van der Waals surface area contributed by atoms with Crippen molar-refractivity contribution in [2.75, 3.05) is 81.6 Å². The summed E-state index contributed by atoms with van der Waals surface area (Å²) in [4.78, 5) is 66.5. The van der Waals surface area contributed by atoms with Gasteiger partial charge in [0.15, 0.2) is 0 Å². The Morgan fingerprint density at radius 1 is 0.457 bits per heavy atom. The first-order valence-electron chi connectivity index (χ1n) is 41.3.